The van der Waals surface area contributed by atoms with E-state index in [0.29, 0.717) is 5.75 Å². The highest BCUT2D eigenvalue weighted by atomic mass is 32.2. The third kappa shape index (κ3) is 3.64. The number of carbonyl (C=O) groups excluding carboxylic acids is 1. The lowest BCUT2D eigenvalue weighted by Crippen LogP contribution is -2.35. The maximum absolute atomic E-state index is 12.6. The SMILES string of the molecule is C[S@@](=O)C[C@H](NC(=O)c1cc2c([nH]c1=O)CCC2)c1ccccc1. The lowest BCUT2D eigenvalue weighted by atomic mass is 10.1. The van der Waals surface area contributed by atoms with Gasteiger partial charge in [0.05, 0.1) is 6.04 Å². The van der Waals surface area contributed by atoms with Crippen molar-refractivity contribution in [3.63, 3.8) is 0 Å². The molecule has 0 fully saturated rings. The summed E-state index contributed by atoms with van der Waals surface area (Å²) < 4.78 is 11.7. The van der Waals surface area contributed by atoms with Gasteiger partial charge in [0.15, 0.2) is 0 Å². The maximum Gasteiger partial charge on any atom is 0.261 e. The Hall–Kier alpha value is -2.21. The van der Waals surface area contributed by atoms with Crippen molar-refractivity contribution < 1.29 is 9.00 Å². The predicted octanol–water partition coefficient (Wildman–Crippen LogP) is 1.71. The molecule has 0 spiro atoms. The zero-order chi connectivity index (χ0) is 17.1. The molecule has 5 nitrogen and oxygen atoms in total. The Morgan fingerprint density at radius 1 is 1.29 bits per heavy atom. The molecule has 6 heteroatoms. The lowest BCUT2D eigenvalue weighted by Gasteiger charge is -2.18. The molecule has 2 atom stereocenters. The van der Waals surface area contributed by atoms with Gasteiger partial charge >= 0.3 is 0 Å². The van der Waals surface area contributed by atoms with Crippen LogP contribution in [0.1, 0.15) is 39.6 Å². The van der Waals surface area contributed by atoms with Crippen LogP contribution in [-0.2, 0) is 23.6 Å². The Morgan fingerprint density at radius 2 is 2.04 bits per heavy atom. The van der Waals surface area contributed by atoms with Crippen LogP contribution in [0, 0.1) is 0 Å². The fourth-order valence-corrected chi connectivity index (χ4v) is 3.80. The zero-order valence-corrected chi connectivity index (χ0v) is 14.3. The monoisotopic (exact) mass is 344 g/mol. The van der Waals surface area contributed by atoms with Gasteiger partial charge in [-0.15, -0.1) is 0 Å². The van der Waals surface area contributed by atoms with Gasteiger partial charge in [-0.25, -0.2) is 0 Å². The average molecular weight is 344 g/mol. The molecule has 1 aromatic carbocycles. The number of benzene rings is 1. The molecular formula is C18H20N2O3S. The van der Waals surface area contributed by atoms with E-state index in [1.807, 2.05) is 30.3 Å². The first kappa shape index (κ1) is 16.6. The van der Waals surface area contributed by atoms with Crippen LogP contribution in [0.5, 0.6) is 0 Å². The lowest BCUT2D eigenvalue weighted by molar-refractivity contribution is 0.0939. The van der Waals surface area contributed by atoms with Crippen LogP contribution >= 0.6 is 0 Å². The summed E-state index contributed by atoms with van der Waals surface area (Å²) in [5.41, 5.74) is 2.61. The molecule has 2 aromatic rings. The summed E-state index contributed by atoms with van der Waals surface area (Å²) in [7, 11) is -1.07. The van der Waals surface area contributed by atoms with E-state index in [4.69, 9.17) is 0 Å². The minimum Gasteiger partial charge on any atom is -0.344 e. The van der Waals surface area contributed by atoms with Gasteiger partial charge in [0.1, 0.15) is 5.56 Å². The largest absolute Gasteiger partial charge is 0.344 e. The number of H-pyrrole nitrogens is 1. The summed E-state index contributed by atoms with van der Waals surface area (Å²) in [4.78, 5) is 27.6. The molecule has 0 saturated carbocycles. The second kappa shape index (κ2) is 7.13. The first-order valence-electron chi connectivity index (χ1n) is 7.95. The Bertz CT molecular complexity index is 830. The van der Waals surface area contributed by atoms with E-state index < -0.39 is 22.7 Å². The summed E-state index contributed by atoms with van der Waals surface area (Å²) in [5.74, 6) is -0.122. The van der Waals surface area contributed by atoms with E-state index >= 15 is 0 Å². The topological polar surface area (TPSA) is 79.0 Å². The highest BCUT2D eigenvalue weighted by Gasteiger charge is 2.21. The first-order valence-corrected chi connectivity index (χ1v) is 9.68. The van der Waals surface area contributed by atoms with Gasteiger partial charge < -0.3 is 10.3 Å². The Balaban J connectivity index is 1.86. The molecule has 0 radical (unpaired) electrons. The molecular weight excluding hydrogens is 324 g/mol. The Morgan fingerprint density at radius 3 is 2.75 bits per heavy atom. The van der Waals surface area contributed by atoms with Crippen LogP contribution in [0.3, 0.4) is 0 Å². The smallest absolute Gasteiger partial charge is 0.261 e. The quantitative estimate of drug-likeness (QED) is 0.867. The standard InChI is InChI=1S/C18H20N2O3S/c1-24(23)11-16(12-6-3-2-4-7-12)20-18(22)14-10-13-8-5-9-15(13)19-17(14)21/h2-4,6-7,10,16H,5,8-9,11H2,1H3,(H,19,21)(H,20,22)/t16-,24+/m0/s1. The number of aromatic amines is 1. The molecule has 1 aliphatic carbocycles. The number of aromatic nitrogens is 1. The Labute approximate surface area is 143 Å². The van der Waals surface area contributed by atoms with Crippen LogP contribution in [0.15, 0.2) is 41.2 Å². The fourth-order valence-electron chi connectivity index (χ4n) is 3.06. The minimum absolute atomic E-state index is 0.124. The summed E-state index contributed by atoms with van der Waals surface area (Å²) in [6, 6.07) is 10.7. The van der Waals surface area contributed by atoms with Crippen molar-refractivity contribution in [2.75, 3.05) is 12.0 Å². The van der Waals surface area contributed by atoms with Crippen molar-refractivity contribution >= 4 is 16.7 Å². The summed E-state index contributed by atoms with van der Waals surface area (Å²) in [6.07, 6.45) is 4.34. The first-order chi connectivity index (χ1) is 11.5. The third-order valence-corrected chi connectivity index (χ3v) is 5.04. The van der Waals surface area contributed by atoms with Gasteiger partial charge in [-0.1, -0.05) is 30.3 Å². The van der Waals surface area contributed by atoms with Crippen molar-refractivity contribution in [2.24, 2.45) is 0 Å². The number of hydrogen-bond acceptors (Lipinski definition) is 3. The fraction of sp³-hybridized carbons (Fsp3) is 0.333. The summed E-state index contributed by atoms with van der Waals surface area (Å²) >= 11 is 0. The van der Waals surface area contributed by atoms with Crippen molar-refractivity contribution in [3.8, 4) is 0 Å². The molecule has 0 unspecified atom stereocenters. The zero-order valence-electron chi connectivity index (χ0n) is 13.5. The summed E-state index contributed by atoms with van der Waals surface area (Å²) in [5, 5.41) is 2.86. The molecule has 0 aliphatic heterocycles. The molecule has 1 aliphatic rings. The number of amides is 1. The third-order valence-electron chi connectivity index (χ3n) is 4.24. The normalized spacial score (nSPS) is 15.5. The molecule has 1 heterocycles. The number of hydrogen-bond donors (Lipinski definition) is 2. The van der Waals surface area contributed by atoms with Crippen LogP contribution in [-0.4, -0.2) is 27.1 Å². The molecule has 0 saturated heterocycles. The number of fused-ring (bicyclic) bond motifs is 1. The highest BCUT2D eigenvalue weighted by molar-refractivity contribution is 7.84. The van der Waals surface area contributed by atoms with Crippen molar-refractivity contribution in [1.82, 2.24) is 10.3 Å². The van der Waals surface area contributed by atoms with E-state index in [1.165, 1.54) is 0 Å². The van der Waals surface area contributed by atoms with E-state index in [-0.39, 0.29) is 11.1 Å². The van der Waals surface area contributed by atoms with Gasteiger partial charge in [0.25, 0.3) is 11.5 Å². The van der Waals surface area contributed by atoms with Crippen LogP contribution in [0.2, 0.25) is 0 Å². The number of nitrogens with one attached hydrogen (secondary N) is 2. The van der Waals surface area contributed by atoms with Gasteiger partial charge in [-0.3, -0.25) is 13.8 Å². The van der Waals surface area contributed by atoms with E-state index in [0.717, 1.165) is 36.1 Å². The molecule has 3 rings (SSSR count). The van der Waals surface area contributed by atoms with Gasteiger partial charge in [-0.05, 0) is 36.5 Å². The van der Waals surface area contributed by atoms with Crippen molar-refractivity contribution in [1.29, 1.82) is 0 Å². The van der Waals surface area contributed by atoms with Crippen molar-refractivity contribution in [3.05, 3.63) is 69.1 Å². The van der Waals surface area contributed by atoms with Gasteiger partial charge in [-0.2, -0.15) is 0 Å². The van der Waals surface area contributed by atoms with Crippen LogP contribution in [0.25, 0.3) is 0 Å². The summed E-state index contributed by atoms with van der Waals surface area (Å²) in [6.45, 7) is 0. The second-order valence-corrected chi connectivity index (χ2v) is 7.53. The maximum atomic E-state index is 12.6. The van der Waals surface area contributed by atoms with Gasteiger partial charge in [0, 0.05) is 28.5 Å². The molecule has 0 bridgehead atoms. The number of aryl methyl sites for hydroxylation is 2. The van der Waals surface area contributed by atoms with E-state index in [9.17, 15) is 13.8 Å². The number of pyridine rings is 1. The van der Waals surface area contributed by atoms with E-state index in [2.05, 4.69) is 10.3 Å². The van der Waals surface area contributed by atoms with E-state index in [1.54, 1.807) is 12.3 Å². The molecule has 24 heavy (non-hydrogen) atoms. The second-order valence-electron chi connectivity index (χ2n) is 6.05. The van der Waals surface area contributed by atoms with Gasteiger partial charge in [0.2, 0.25) is 0 Å². The van der Waals surface area contributed by atoms with Crippen LogP contribution in [0.4, 0.5) is 0 Å². The minimum atomic E-state index is -1.07. The average Bonchev–Trinajstić information content (AvgIpc) is 3.01. The Kier molecular flexibility index (Phi) is 4.94. The molecule has 2 N–H and O–H groups in total. The number of rotatable bonds is 5. The molecule has 1 aromatic heterocycles. The number of carbonyl (C=O) groups is 1. The predicted molar refractivity (Wildman–Crippen MR) is 94.7 cm³/mol. The molecule has 1 amide bonds. The highest BCUT2D eigenvalue weighted by Crippen LogP contribution is 2.19. The molecule has 126 valence electrons. The van der Waals surface area contributed by atoms with Crippen LogP contribution < -0.4 is 10.9 Å². The van der Waals surface area contributed by atoms with Crippen molar-refractivity contribution in [2.45, 2.75) is 25.3 Å².